The summed E-state index contributed by atoms with van der Waals surface area (Å²) < 4.78 is 10.3. The van der Waals surface area contributed by atoms with Gasteiger partial charge in [0.05, 0.1) is 25.0 Å². The minimum Gasteiger partial charge on any atom is -0.497 e. The van der Waals surface area contributed by atoms with Crippen LogP contribution in [0.1, 0.15) is 32.6 Å². The number of fused-ring (bicyclic) bond motifs is 1. The first-order valence-electron chi connectivity index (χ1n) is 5.68. The molecular formula is C12H18O3. The van der Waals surface area contributed by atoms with Gasteiger partial charge < -0.3 is 9.47 Å². The summed E-state index contributed by atoms with van der Waals surface area (Å²) in [6.07, 6.45) is 6.58. The maximum absolute atomic E-state index is 11.6. The molecule has 84 valence electrons. The van der Waals surface area contributed by atoms with Crippen LogP contribution in [0.2, 0.25) is 0 Å². The van der Waals surface area contributed by atoms with Crippen LogP contribution in [-0.2, 0) is 14.3 Å². The molecule has 2 unspecified atom stereocenters. The van der Waals surface area contributed by atoms with Crippen LogP contribution in [0.5, 0.6) is 0 Å². The second kappa shape index (κ2) is 4.25. The van der Waals surface area contributed by atoms with E-state index in [4.69, 9.17) is 9.47 Å². The van der Waals surface area contributed by atoms with Crippen molar-refractivity contribution >= 4 is 5.97 Å². The molecule has 0 aromatic carbocycles. The van der Waals surface area contributed by atoms with Crippen molar-refractivity contribution in [3.8, 4) is 0 Å². The molecule has 2 aliphatic rings. The molecule has 0 amide bonds. The van der Waals surface area contributed by atoms with Crippen molar-refractivity contribution < 1.29 is 14.3 Å². The maximum Gasteiger partial charge on any atom is 0.337 e. The zero-order chi connectivity index (χ0) is 10.8. The molecule has 3 atom stereocenters. The van der Waals surface area contributed by atoms with E-state index in [1.54, 1.807) is 6.26 Å². The van der Waals surface area contributed by atoms with Crippen molar-refractivity contribution in [2.24, 2.45) is 11.8 Å². The maximum atomic E-state index is 11.6. The third kappa shape index (κ3) is 1.87. The molecule has 1 fully saturated rings. The van der Waals surface area contributed by atoms with Gasteiger partial charge in [-0.25, -0.2) is 4.79 Å². The van der Waals surface area contributed by atoms with Crippen molar-refractivity contribution in [3.63, 3.8) is 0 Å². The lowest BCUT2D eigenvalue weighted by atomic mass is 9.72. The molecular weight excluding hydrogens is 192 g/mol. The molecule has 0 saturated heterocycles. The molecule has 0 aromatic heterocycles. The minimum atomic E-state index is -0.223. The Morgan fingerprint density at radius 2 is 2.20 bits per heavy atom. The Balaban J connectivity index is 2.20. The molecule has 1 saturated carbocycles. The third-order valence-corrected chi connectivity index (χ3v) is 3.65. The predicted molar refractivity (Wildman–Crippen MR) is 56.1 cm³/mol. The first-order chi connectivity index (χ1) is 7.24. The van der Waals surface area contributed by atoms with Crippen LogP contribution in [-0.4, -0.2) is 19.2 Å². The lowest BCUT2D eigenvalue weighted by Gasteiger charge is -2.38. The van der Waals surface area contributed by atoms with E-state index in [-0.39, 0.29) is 12.1 Å². The van der Waals surface area contributed by atoms with Crippen molar-refractivity contribution in [1.29, 1.82) is 0 Å². The summed E-state index contributed by atoms with van der Waals surface area (Å²) in [7, 11) is 1.43. The summed E-state index contributed by atoms with van der Waals surface area (Å²) in [4.78, 5) is 11.6. The molecule has 3 heteroatoms. The van der Waals surface area contributed by atoms with Gasteiger partial charge >= 0.3 is 5.97 Å². The van der Waals surface area contributed by atoms with E-state index in [0.717, 1.165) is 12.0 Å². The number of methoxy groups -OCH3 is 1. The molecule has 0 aromatic rings. The standard InChI is InChI=1S/C12H18O3/c1-8-9-5-3-4-6-10(9)11(7-15-8)12(13)14-2/h7-10H,3-6H2,1-2H3/t8?,9?,10-/m0/s1. The van der Waals surface area contributed by atoms with Gasteiger partial charge in [0.2, 0.25) is 0 Å². The number of hydrogen-bond acceptors (Lipinski definition) is 3. The molecule has 0 spiro atoms. The first kappa shape index (κ1) is 10.5. The van der Waals surface area contributed by atoms with Crippen molar-refractivity contribution in [2.45, 2.75) is 38.7 Å². The number of carbonyl (C=O) groups is 1. The molecule has 0 N–H and O–H groups in total. The molecule has 1 aliphatic carbocycles. The second-order valence-corrected chi connectivity index (χ2v) is 4.46. The highest BCUT2D eigenvalue weighted by Crippen LogP contribution is 2.41. The lowest BCUT2D eigenvalue weighted by molar-refractivity contribution is -0.138. The number of carbonyl (C=O) groups excluding carboxylic acids is 1. The number of rotatable bonds is 1. The highest BCUT2D eigenvalue weighted by atomic mass is 16.5. The summed E-state index contributed by atoms with van der Waals surface area (Å²) in [6.45, 7) is 2.09. The Labute approximate surface area is 90.4 Å². The van der Waals surface area contributed by atoms with Crippen LogP contribution < -0.4 is 0 Å². The lowest BCUT2D eigenvalue weighted by Crippen LogP contribution is -2.36. The van der Waals surface area contributed by atoms with E-state index < -0.39 is 0 Å². The highest BCUT2D eigenvalue weighted by molar-refractivity contribution is 5.88. The second-order valence-electron chi connectivity index (χ2n) is 4.46. The summed E-state index contributed by atoms with van der Waals surface area (Å²) in [5.41, 5.74) is 0.736. The van der Waals surface area contributed by atoms with E-state index in [9.17, 15) is 4.79 Å². The number of esters is 1. The van der Waals surface area contributed by atoms with Crippen LogP contribution >= 0.6 is 0 Å². The van der Waals surface area contributed by atoms with Gasteiger partial charge in [0, 0.05) is 11.8 Å². The molecule has 15 heavy (non-hydrogen) atoms. The monoisotopic (exact) mass is 210 g/mol. The van der Waals surface area contributed by atoms with Crippen LogP contribution in [0.4, 0.5) is 0 Å². The van der Waals surface area contributed by atoms with Gasteiger partial charge in [-0.1, -0.05) is 12.8 Å². The fraction of sp³-hybridized carbons (Fsp3) is 0.750. The Hall–Kier alpha value is -0.990. The van der Waals surface area contributed by atoms with E-state index in [1.165, 1.54) is 26.4 Å². The summed E-state index contributed by atoms with van der Waals surface area (Å²) in [6, 6.07) is 0. The Bertz CT molecular complexity index is 283. The number of ether oxygens (including phenoxy) is 2. The van der Waals surface area contributed by atoms with Gasteiger partial charge in [0.1, 0.15) is 0 Å². The van der Waals surface area contributed by atoms with E-state index >= 15 is 0 Å². The van der Waals surface area contributed by atoms with Crippen molar-refractivity contribution in [1.82, 2.24) is 0 Å². The Morgan fingerprint density at radius 3 is 2.93 bits per heavy atom. The normalized spacial score (nSPS) is 34.8. The van der Waals surface area contributed by atoms with E-state index in [1.807, 2.05) is 0 Å². The fourth-order valence-corrected chi connectivity index (χ4v) is 2.79. The number of hydrogen-bond donors (Lipinski definition) is 0. The largest absolute Gasteiger partial charge is 0.497 e. The topological polar surface area (TPSA) is 35.5 Å². The predicted octanol–water partition coefficient (Wildman–Crippen LogP) is 2.27. The molecule has 1 heterocycles. The van der Waals surface area contributed by atoms with Crippen LogP contribution in [0, 0.1) is 11.8 Å². The van der Waals surface area contributed by atoms with Gasteiger partial charge in [-0.3, -0.25) is 0 Å². The quantitative estimate of drug-likeness (QED) is 0.623. The zero-order valence-electron chi connectivity index (χ0n) is 9.36. The smallest absolute Gasteiger partial charge is 0.337 e. The zero-order valence-corrected chi connectivity index (χ0v) is 9.36. The minimum absolute atomic E-state index is 0.223. The molecule has 1 aliphatic heterocycles. The van der Waals surface area contributed by atoms with Crippen LogP contribution in [0.3, 0.4) is 0 Å². The third-order valence-electron chi connectivity index (χ3n) is 3.65. The van der Waals surface area contributed by atoms with Crippen LogP contribution in [0.25, 0.3) is 0 Å². The van der Waals surface area contributed by atoms with E-state index in [0.29, 0.717) is 11.8 Å². The van der Waals surface area contributed by atoms with Gasteiger partial charge in [-0.2, -0.15) is 0 Å². The Morgan fingerprint density at radius 1 is 1.47 bits per heavy atom. The highest BCUT2D eigenvalue weighted by Gasteiger charge is 2.38. The Kier molecular flexibility index (Phi) is 2.98. The summed E-state index contributed by atoms with van der Waals surface area (Å²) >= 11 is 0. The summed E-state index contributed by atoms with van der Waals surface area (Å²) in [5, 5.41) is 0. The molecule has 3 nitrogen and oxygen atoms in total. The van der Waals surface area contributed by atoms with Gasteiger partial charge in [0.15, 0.2) is 0 Å². The molecule has 2 rings (SSSR count). The average molecular weight is 210 g/mol. The molecule has 0 bridgehead atoms. The van der Waals surface area contributed by atoms with Gasteiger partial charge in [-0.05, 0) is 19.8 Å². The van der Waals surface area contributed by atoms with Gasteiger partial charge in [0.25, 0.3) is 0 Å². The fourth-order valence-electron chi connectivity index (χ4n) is 2.79. The SMILES string of the molecule is COC(=O)C1=COC(C)C2CCCC[C@H]12. The average Bonchev–Trinajstić information content (AvgIpc) is 2.29. The first-order valence-corrected chi connectivity index (χ1v) is 5.68. The molecule has 0 radical (unpaired) electrons. The van der Waals surface area contributed by atoms with Gasteiger partial charge in [-0.15, -0.1) is 0 Å². The van der Waals surface area contributed by atoms with Crippen molar-refractivity contribution in [3.05, 3.63) is 11.8 Å². The van der Waals surface area contributed by atoms with Crippen LogP contribution in [0.15, 0.2) is 11.8 Å². The van der Waals surface area contributed by atoms with E-state index in [2.05, 4.69) is 6.92 Å². The van der Waals surface area contributed by atoms with Crippen molar-refractivity contribution in [2.75, 3.05) is 7.11 Å². The summed E-state index contributed by atoms with van der Waals surface area (Å²) in [5.74, 6) is 0.631.